The van der Waals surface area contributed by atoms with Gasteiger partial charge in [0.05, 0.1) is 32.4 Å². The normalized spacial score (nSPS) is 20.0. The van der Waals surface area contributed by atoms with E-state index in [2.05, 4.69) is 0 Å². The van der Waals surface area contributed by atoms with Gasteiger partial charge in [0.15, 0.2) is 0 Å². The van der Waals surface area contributed by atoms with Gasteiger partial charge in [0.25, 0.3) is 5.91 Å². The van der Waals surface area contributed by atoms with E-state index >= 15 is 0 Å². The van der Waals surface area contributed by atoms with Crippen molar-refractivity contribution in [2.45, 2.75) is 12.0 Å². The SMILES string of the molecule is COc1ccccc1C(=O)N1CCOC(CO)(Cc2ccccc2F)C1. The fourth-order valence-corrected chi connectivity index (χ4v) is 3.26. The van der Waals surface area contributed by atoms with E-state index in [1.165, 1.54) is 13.2 Å². The Labute approximate surface area is 152 Å². The number of hydrogen-bond donors (Lipinski definition) is 1. The second-order valence-electron chi connectivity index (χ2n) is 6.38. The number of carbonyl (C=O) groups is 1. The molecule has 0 aromatic heterocycles. The van der Waals surface area contributed by atoms with Gasteiger partial charge in [0.2, 0.25) is 0 Å². The summed E-state index contributed by atoms with van der Waals surface area (Å²) in [5.41, 5.74) is -0.124. The van der Waals surface area contributed by atoms with Gasteiger partial charge in [-0.25, -0.2) is 4.39 Å². The van der Waals surface area contributed by atoms with Gasteiger partial charge in [-0.3, -0.25) is 4.79 Å². The van der Waals surface area contributed by atoms with Crippen molar-refractivity contribution in [3.8, 4) is 5.75 Å². The lowest BCUT2D eigenvalue weighted by Crippen LogP contribution is -2.57. The van der Waals surface area contributed by atoms with Crippen LogP contribution in [0.1, 0.15) is 15.9 Å². The van der Waals surface area contributed by atoms with E-state index in [1.807, 2.05) is 0 Å². The molecule has 1 N–H and O–H groups in total. The minimum atomic E-state index is -1.03. The summed E-state index contributed by atoms with van der Waals surface area (Å²) in [6.07, 6.45) is 0.186. The third-order valence-electron chi connectivity index (χ3n) is 4.63. The van der Waals surface area contributed by atoms with Crippen molar-refractivity contribution in [1.29, 1.82) is 0 Å². The zero-order valence-electron chi connectivity index (χ0n) is 14.7. The van der Waals surface area contributed by atoms with Gasteiger partial charge in [0.1, 0.15) is 17.2 Å². The van der Waals surface area contributed by atoms with Crippen molar-refractivity contribution < 1.29 is 23.8 Å². The number of morpholine rings is 1. The Balaban J connectivity index is 1.83. The van der Waals surface area contributed by atoms with E-state index in [9.17, 15) is 14.3 Å². The third-order valence-corrected chi connectivity index (χ3v) is 4.63. The van der Waals surface area contributed by atoms with E-state index in [1.54, 1.807) is 47.4 Å². The number of amides is 1. The number of ether oxygens (including phenoxy) is 2. The molecule has 6 heteroatoms. The summed E-state index contributed by atoms with van der Waals surface area (Å²) in [7, 11) is 1.52. The molecule has 0 aliphatic carbocycles. The fraction of sp³-hybridized carbons (Fsp3) is 0.350. The zero-order valence-corrected chi connectivity index (χ0v) is 14.7. The topological polar surface area (TPSA) is 59.0 Å². The monoisotopic (exact) mass is 359 g/mol. The summed E-state index contributed by atoms with van der Waals surface area (Å²) in [5, 5.41) is 9.95. The number of benzene rings is 2. The first-order valence-corrected chi connectivity index (χ1v) is 8.49. The largest absolute Gasteiger partial charge is 0.496 e. The molecule has 1 saturated heterocycles. The number of nitrogens with zero attached hydrogens (tertiary/aromatic N) is 1. The van der Waals surface area contributed by atoms with Crippen LogP contribution in [0.4, 0.5) is 4.39 Å². The molecule has 138 valence electrons. The molecule has 1 unspecified atom stereocenters. The first kappa shape index (κ1) is 18.4. The maximum Gasteiger partial charge on any atom is 0.257 e. The summed E-state index contributed by atoms with van der Waals surface area (Å²) < 4.78 is 25.1. The van der Waals surface area contributed by atoms with Gasteiger partial charge in [-0.1, -0.05) is 30.3 Å². The average molecular weight is 359 g/mol. The van der Waals surface area contributed by atoms with Crippen molar-refractivity contribution in [3.05, 3.63) is 65.5 Å². The van der Waals surface area contributed by atoms with E-state index in [4.69, 9.17) is 9.47 Å². The Morgan fingerprint density at radius 3 is 2.73 bits per heavy atom. The number of aliphatic hydroxyl groups is 1. The smallest absolute Gasteiger partial charge is 0.257 e. The fourth-order valence-electron chi connectivity index (χ4n) is 3.26. The minimum absolute atomic E-state index is 0.175. The first-order valence-electron chi connectivity index (χ1n) is 8.49. The van der Waals surface area contributed by atoms with Crippen LogP contribution in [0.15, 0.2) is 48.5 Å². The summed E-state index contributed by atoms with van der Waals surface area (Å²) >= 11 is 0. The second-order valence-corrected chi connectivity index (χ2v) is 6.38. The van der Waals surface area contributed by atoms with Crippen LogP contribution in [0.2, 0.25) is 0 Å². The van der Waals surface area contributed by atoms with Crippen molar-refractivity contribution in [2.75, 3.05) is 33.4 Å². The Morgan fingerprint density at radius 1 is 1.27 bits per heavy atom. The van der Waals surface area contributed by atoms with E-state index in [0.717, 1.165) is 0 Å². The van der Waals surface area contributed by atoms with Gasteiger partial charge in [-0.05, 0) is 23.8 Å². The summed E-state index contributed by atoms with van der Waals surface area (Å²) in [6, 6.07) is 13.4. The third kappa shape index (κ3) is 3.71. The van der Waals surface area contributed by atoms with E-state index < -0.39 is 5.60 Å². The molecule has 26 heavy (non-hydrogen) atoms. The van der Waals surface area contributed by atoms with Crippen LogP contribution in [0.3, 0.4) is 0 Å². The standard InChI is InChI=1S/C20H22FNO4/c1-25-18-9-5-3-7-16(18)19(24)22-10-11-26-20(13-22,14-23)12-15-6-2-4-8-17(15)21/h2-9,23H,10-14H2,1H3. The van der Waals surface area contributed by atoms with Crippen molar-refractivity contribution in [2.24, 2.45) is 0 Å². The molecule has 1 aliphatic rings. The van der Waals surface area contributed by atoms with E-state index in [-0.39, 0.29) is 37.9 Å². The van der Waals surface area contributed by atoms with Crippen LogP contribution in [-0.4, -0.2) is 54.9 Å². The highest BCUT2D eigenvalue weighted by Gasteiger charge is 2.39. The summed E-state index contributed by atoms with van der Waals surface area (Å²) in [4.78, 5) is 14.6. The molecule has 2 aromatic rings. The molecule has 1 amide bonds. The summed E-state index contributed by atoms with van der Waals surface area (Å²) in [6.45, 7) is 0.539. The first-order chi connectivity index (χ1) is 12.6. The van der Waals surface area contributed by atoms with Gasteiger partial charge in [0, 0.05) is 13.0 Å². The van der Waals surface area contributed by atoms with E-state index in [0.29, 0.717) is 23.4 Å². The summed E-state index contributed by atoms with van der Waals surface area (Å²) in [5.74, 6) is -0.0538. The van der Waals surface area contributed by atoms with Gasteiger partial charge >= 0.3 is 0 Å². The van der Waals surface area contributed by atoms with Crippen molar-refractivity contribution in [3.63, 3.8) is 0 Å². The lowest BCUT2D eigenvalue weighted by Gasteiger charge is -2.42. The number of hydrogen-bond acceptors (Lipinski definition) is 4. The van der Waals surface area contributed by atoms with Gasteiger partial charge < -0.3 is 19.5 Å². The molecule has 1 fully saturated rings. The number of aliphatic hydroxyl groups excluding tert-OH is 1. The lowest BCUT2D eigenvalue weighted by molar-refractivity contribution is -0.124. The number of carbonyl (C=O) groups excluding carboxylic acids is 1. The molecule has 0 radical (unpaired) electrons. The Kier molecular flexibility index (Phi) is 5.54. The number of rotatable bonds is 5. The van der Waals surface area contributed by atoms with Crippen molar-refractivity contribution in [1.82, 2.24) is 4.90 Å². The number of methoxy groups -OCH3 is 1. The highest BCUT2D eigenvalue weighted by molar-refractivity contribution is 5.97. The van der Waals surface area contributed by atoms with Gasteiger partial charge in [-0.15, -0.1) is 0 Å². The van der Waals surface area contributed by atoms with Crippen LogP contribution < -0.4 is 4.74 Å². The Hall–Kier alpha value is -2.44. The predicted molar refractivity (Wildman–Crippen MR) is 94.8 cm³/mol. The molecule has 0 spiro atoms. The maximum atomic E-state index is 14.0. The van der Waals surface area contributed by atoms with Gasteiger partial charge in [-0.2, -0.15) is 0 Å². The molecule has 5 nitrogen and oxygen atoms in total. The molecule has 1 aliphatic heterocycles. The molecule has 3 rings (SSSR count). The quantitative estimate of drug-likeness (QED) is 0.890. The number of halogens is 1. The van der Waals surface area contributed by atoms with Crippen LogP contribution in [0.25, 0.3) is 0 Å². The van der Waals surface area contributed by atoms with Crippen LogP contribution in [-0.2, 0) is 11.2 Å². The maximum absolute atomic E-state index is 14.0. The zero-order chi connectivity index (χ0) is 18.6. The van der Waals surface area contributed by atoms with Crippen LogP contribution in [0, 0.1) is 5.82 Å². The average Bonchev–Trinajstić information content (AvgIpc) is 2.69. The molecular formula is C20H22FNO4. The second kappa shape index (κ2) is 7.85. The van der Waals surface area contributed by atoms with Crippen LogP contribution in [0.5, 0.6) is 5.75 Å². The number of para-hydroxylation sites is 1. The highest BCUT2D eigenvalue weighted by Crippen LogP contribution is 2.27. The molecule has 2 aromatic carbocycles. The Bertz CT molecular complexity index is 782. The molecular weight excluding hydrogens is 337 g/mol. The van der Waals surface area contributed by atoms with Crippen LogP contribution >= 0.6 is 0 Å². The van der Waals surface area contributed by atoms with Crippen molar-refractivity contribution >= 4 is 5.91 Å². The minimum Gasteiger partial charge on any atom is -0.496 e. The molecule has 0 bridgehead atoms. The predicted octanol–water partition coefficient (Wildman–Crippen LogP) is 2.28. The molecule has 1 atom stereocenters. The Morgan fingerprint density at radius 2 is 2.00 bits per heavy atom. The highest BCUT2D eigenvalue weighted by atomic mass is 19.1. The lowest BCUT2D eigenvalue weighted by atomic mass is 9.92. The molecule has 0 saturated carbocycles. The molecule has 1 heterocycles.